The van der Waals surface area contributed by atoms with Gasteiger partial charge in [-0.25, -0.2) is 4.79 Å². The molecule has 0 radical (unpaired) electrons. The third-order valence-electron chi connectivity index (χ3n) is 4.85. The van der Waals surface area contributed by atoms with Crippen LogP contribution in [0.1, 0.15) is 36.7 Å². The van der Waals surface area contributed by atoms with Gasteiger partial charge in [0, 0.05) is 23.9 Å². The van der Waals surface area contributed by atoms with Crippen molar-refractivity contribution in [3.63, 3.8) is 0 Å². The number of para-hydroxylation sites is 1. The molecule has 3 N–H and O–H groups in total. The van der Waals surface area contributed by atoms with Gasteiger partial charge in [0.1, 0.15) is 16.9 Å². The number of fused-ring (bicyclic) bond motifs is 1. The number of non-ortho nitro benzene ring substituents is 1. The lowest BCUT2D eigenvalue weighted by Gasteiger charge is -2.09. The van der Waals surface area contributed by atoms with Gasteiger partial charge in [0.15, 0.2) is 0 Å². The molecule has 1 atom stereocenters. The number of nitro benzene ring substituents is 1. The molecule has 0 bridgehead atoms. The van der Waals surface area contributed by atoms with Crippen LogP contribution in [0.2, 0.25) is 0 Å². The van der Waals surface area contributed by atoms with E-state index in [0.29, 0.717) is 24.8 Å². The van der Waals surface area contributed by atoms with Crippen LogP contribution in [0, 0.1) is 16.0 Å². The molecular formula is C20H22N4O6. The zero-order valence-corrected chi connectivity index (χ0v) is 16.4. The lowest BCUT2D eigenvalue weighted by molar-refractivity contribution is -0.383. The van der Waals surface area contributed by atoms with E-state index in [1.807, 2.05) is 0 Å². The predicted molar refractivity (Wildman–Crippen MR) is 107 cm³/mol. The topological polar surface area (TPSA) is 143 Å². The van der Waals surface area contributed by atoms with Gasteiger partial charge in [-0.1, -0.05) is 18.2 Å². The van der Waals surface area contributed by atoms with Crippen molar-refractivity contribution in [2.75, 3.05) is 13.2 Å². The lowest BCUT2D eigenvalue weighted by Crippen LogP contribution is -2.29. The Morgan fingerprint density at radius 1 is 1.40 bits per heavy atom. The van der Waals surface area contributed by atoms with E-state index in [1.165, 1.54) is 24.3 Å². The summed E-state index contributed by atoms with van der Waals surface area (Å²) >= 11 is 0. The minimum atomic E-state index is -0.691. The fourth-order valence-electron chi connectivity index (χ4n) is 3.35. The van der Waals surface area contributed by atoms with Crippen LogP contribution in [0.15, 0.2) is 36.0 Å². The zero-order valence-electron chi connectivity index (χ0n) is 16.4. The zero-order chi connectivity index (χ0) is 21.7. The van der Waals surface area contributed by atoms with Crippen molar-refractivity contribution < 1.29 is 24.0 Å². The molecular weight excluding hydrogens is 392 g/mol. The third kappa shape index (κ3) is 4.65. The number of nitrogens with zero attached hydrogens (tertiary/aromatic N) is 1. The summed E-state index contributed by atoms with van der Waals surface area (Å²) in [5, 5.41) is 16.9. The van der Waals surface area contributed by atoms with E-state index in [9.17, 15) is 24.5 Å². The number of H-pyrrole nitrogens is 1. The van der Waals surface area contributed by atoms with Crippen LogP contribution in [0.3, 0.4) is 0 Å². The van der Waals surface area contributed by atoms with Gasteiger partial charge in [-0.3, -0.25) is 19.7 Å². The Labute approximate surface area is 171 Å². The molecule has 3 rings (SSSR count). The average molecular weight is 414 g/mol. The summed E-state index contributed by atoms with van der Waals surface area (Å²) in [7, 11) is 0. The number of nitro groups is 1. The van der Waals surface area contributed by atoms with Crippen molar-refractivity contribution in [2.24, 2.45) is 5.92 Å². The van der Waals surface area contributed by atoms with Crippen LogP contribution in [0.5, 0.6) is 0 Å². The molecule has 1 aliphatic rings. The van der Waals surface area contributed by atoms with Crippen molar-refractivity contribution in [3.05, 3.63) is 51.8 Å². The quantitative estimate of drug-likeness (QED) is 0.261. The lowest BCUT2D eigenvalue weighted by atomic mass is 10.0. The number of benzene rings is 1. The predicted octanol–water partition coefficient (Wildman–Crippen LogP) is 2.17. The van der Waals surface area contributed by atoms with Crippen molar-refractivity contribution in [1.29, 1.82) is 0 Å². The summed E-state index contributed by atoms with van der Waals surface area (Å²) in [6, 6.07) is 5.98. The highest BCUT2D eigenvalue weighted by Crippen LogP contribution is 2.25. The fourth-order valence-corrected chi connectivity index (χ4v) is 3.35. The van der Waals surface area contributed by atoms with E-state index >= 15 is 0 Å². The van der Waals surface area contributed by atoms with Gasteiger partial charge in [-0.05, 0) is 32.3 Å². The standard InChI is InChI=1S/C20H22N4O6/c1-2-30-20(27)14(7-3-5-12-9-10-21-18(12)25)23-19(26)15-11-13-6-4-8-16(24(28)29)17(13)22-15/h4,6-8,11-12,22H,2-3,5,9-10H2,1H3,(H,21,25)(H,23,26)/t12-/m0/s1. The van der Waals surface area contributed by atoms with E-state index in [-0.39, 0.29) is 41.0 Å². The number of aromatic amines is 1. The van der Waals surface area contributed by atoms with Crippen molar-refractivity contribution >= 4 is 34.4 Å². The maximum atomic E-state index is 12.7. The number of esters is 1. The molecule has 10 heteroatoms. The number of aromatic nitrogens is 1. The summed E-state index contributed by atoms with van der Waals surface area (Å²) in [5.41, 5.74) is 0.113. The second-order valence-electron chi connectivity index (χ2n) is 6.83. The van der Waals surface area contributed by atoms with Crippen LogP contribution in [0.4, 0.5) is 5.69 Å². The number of carbonyl (C=O) groups is 3. The van der Waals surface area contributed by atoms with Gasteiger partial charge in [-0.2, -0.15) is 0 Å². The maximum absolute atomic E-state index is 12.7. The molecule has 30 heavy (non-hydrogen) atoms. The Kier molecular flexibility index (Phi) is 6.45. The number of amides is 2. The van der Waals surface area contributed by atoms with Gasteiger partial charge in [0.25, 0.3) is 11.6 Å². The van der Waals surface area contributed by atoms with Crippen molar-refractivity contribution in [1.82, 2.24) is 15.6 Å². The van der Waals surface area contributed by atoms with E-state index < -0.39 is 16.8 Å². The molecule has 0 aliphatic carbocycles. The van der Waals surface area contributed by atoms with E-state index in [4.69, 9.17) is 4.74 Å². The summed E-state index contributed by atoms with van der Waals surface area (Å²) in [4.78, 5) is 49.9. The Morgan fingerprint density at radius 3 is 2.87 bits per heavy atom. The van der Waals surface area contributed by atoms with Crippen LogP contribution in [0.25, 0.3) is 10.9 Å². The number of nitrogens with one attached hydrogen (secondary N) is 3. The van der Waals surface area contributed by atoms with Gasteiger partial charge in [-0.15, -0.1) is 0 Å². The molecule has 158 valence electrons. The van der Waals surface area contributed by atoms with Gasteiger partial charge in [0.05, 0.1) is 11.5 Å². The number of hydrogen-bond acceptors (Lipinski definition) is 6. The summed E-state index contributed by atoms with van der Waals surface area (Å²) in [6.45, 7) is 2.42. The van der Waals surface area contributed by atoms with Crippen LogP contribution in [-0.4, -0.2) is 40.8 Å². The molecule has 0 saturated carbocycles. The molecule has 10 nitrogen and oxygen atoms in total. The highest BCUT2D eigenvalue weighted by molar-refractivity contribution is 6.03. The number of carbonyl (C=O) groups excluding carboxylic acids is 3. The number of ether oxygens (including phenoxy) is 1. The first-order valence-corrected chi connectivity index (χ1v) is 9.63. The Bertz CT molecular complexity index is 1030. The Balaban J connectivity index is 1.77. The van der Waals surface area contributed by atoms with Crippen LogP contribution in [-0.2, 0) is 14.3 Å². The smallest absolute Gasteiger partial charge is 0.354 e. The van der Waals surface area contributed by atoms with Crippen LogP contribution < -0.4 is 10.6 Å². The van der Waals surface area contributed by atoms with E-state index in [1.54, 1.807) is 13.0 Å². The van der Waals surface area contributed by atoms with Crippen LogP contribution >= 0.6 is 0 Å². The monoisotopic (exact) mass is 414 g/mol. The first-order chi connectivity index (χ1) is 14.4. The highest BCUT2D eigenvalue weighted by atomic mass is 16.6. The molecule has 1 aromatic heterocycles. The number of allylic oxidation sites excluding steroid dienone is 1. The minimum Gasteiger partial charge on any atom is -0.461 e. The average Bonchev–Trinajstić information content (AvgIpc) is 3.33. The molecule has 1 saturated heterocycles. The maximum Gasteiger partial charge on any atom is 0.354 e. The minimum absolute atomic E-state index is 0.00945. The largest absolute Gasteiger partial charge is 0.461 e. The van der Waals surface area contributed by atoms with Gasteiger partial charge < -0.3 is 20.4 Å². The molecule has 2 heterocycles. The molecule has 1 fully saturated rings. The summed E-state index contributed by atoms with van der Waals surface area (Å²) in [5.74, 6) is -1.44. The highest BCUT2D eigenvalue weighted by Gasteiger charge is 2.24. The normalized spacial score (nSPS) is 16.4. The molecule has 1 aromatic carbocycles. The molecule has 0 unspecified atom stereocenters. The SMILES string of the molecule is CCOC(=O)C(=CCC[C@H]1CCNC1=O)NC(=O)c1cc2cccc([N+](=O)[O-])c2[nH]1. The second kappa shape index (κ2) is 9.21. The summed E-state index contributed by atoms with van der Waals surface area (Å²) in [6.07, 6.45) is 3.22. The van der Waals surface area contributed by atoms with Crippen molar-refractivity contribution in [3.8, 4) is 0 Å². The number of hydrogen-bond donors (Lipinski definition) is 3. The van der Waals surface area contributed by atoms with Gasteiger partial charge in [0.2, 0.25) is 5.91 Å². The molecule has 2 aromatic rings. The Morgan fingerprint density at radius 2 is 2.20 bits per heavy atom. The third-order valence-corrected chi connectivity index (χ3v) is 4.85. The van der Waals surface area contributed by atoms with E-state index in [0.717, 1.165) is 6.42 Å². The summed E-state index contributed by atoms with van der Waals surface area (Å²) < 4.78 is 4.99. The van der Waals surface area contributed by atoms with Gasteiger partial charge >= 0.3 is 5.97 Å². The van der Waals surface area contributed by atoms with Crippen molar-refractivity contribution in [2.45, 2.75) is 26.2 Å². The number of rotatable bonds is 8. The molecule has 1 aliphatic heterocycles. The fraction of sp³-hybridized carbons (Fsp3) is 0.350. The molecule has 0 spiro atoms. The van der Waals surface area contributed by atoms with E-state index in [2.05, 4.69) is 15.6 Å². The first kappa shape index (κ1) is 21.0. The Hall–Kier alpha value is -3.69. The second-order valence-corrected chi connectivity index (χ2v) is 6.83. The first-order valence-electron chi connectivity index (χ1n) is 9.63. The molecule has 2 amide bonds.